The SMILES string of the molecule is CNC(=O)c1cccc(NC2=C(C(=O)OC)CN(CCO)C2=O)c1. The maximum Gasteiger partial charge on any atom is 0.337 e. The van der Waals surface area contributed by atoms with Gasteiger partial charge in [-0.05, 0) is 18.2 Å². The van der Waals surface area contributed by atoms with E-state index < -0.39 is 11.9 Å². The number of anilines is 1. The van der Waals surface area contributed by atoms with Crippen molar-refractivity contribution < 1.29 is 24.2 Å². The Kier molecular flexibility index (Phi) is 5.54. The lowest BCUT2D eigenvalue weighted by atomic mass is 10.1. The number of methoxy groups -OCH3 is 1. The molecule has 8 heteroatoms. The minimum atomic E-state index is -0.617. The molecule has 1 aromatic rings. The molecule has 2 rings (SSSR count). The molecule has 128 valence electrons. The predicted octanol–water partition coefficient (Wildman–Crippen LogP) is -0.280. The first-order chi connectivity index (χ1) is 11.5. The number of ether oxygens (including phenoxy) is 1. The van der Waals surface area contributed by atoms with Crippen LogP contribution in [0.2, 0.25) is 0 Å². The maximum absolute atomic E-state index is 12.4. The number of nitrogens with zero attached hydrogens (tertiary/aromatic N) is 1. The molecule has 0 saturated heterocycles. The number of aliphatic hydroxyl groups is 1. The van der Waals surface area contributed by atoms with Gasteiger partial charge in [0.15, 0.2) is 0 Å². The van der Waals surface area contributed by atoms with E-state index in [9.17, 15) is 14.4 Å². The lowest BCUT2D eigenvalue weighted by Crippen LogP contribution is -2.31. The molecule has 1 heterocycles. The fourth-order valence-corrected chi connectivity index (χ4v) is 2.38. The largest absolute Gasteiger partial charge is 0.466 e. The first-order valence-corrected chi connectivity index (χ1v) is 7.32. The predicted molar refractivity (Wildman–Crippen MR) is 86.2 cm³/mol. The Morgan fingerprint density at radius 1 is 1.38 bits per heavy atom. The number of benzene rings is 1. The summed E-state index contributed by atoms with van der Waals surface area (Å²) in [6.07, 6.45) is 0. The third kappa shape index (κ3) is 3.54. The van der Waals surface area contributed by atoms with E-state index in [1.807, 2.05) is 0 Å². The summed E-state index contributed by atoms with van der Waals surface area (Å²) in [4.78, 5) is 37.4. The molecule has 0 aliphatic carbocycles. The Balaban J connectivity index is 2.32. The summed E-state index contributed by atoms with van der Waals surface area (Å²) in [7, 11) is 2.76. The average molecular weight is 333 g/mol. The number of hydrogen-bond donors (Lipinski definition) is 3. The number of esters is 1. The van der Waals surface area contributed by atoms with Gasteiger partial charge in [-0.1, -0.05) is 6.07 Å². The summed E-state index contributed by atoms with van der Waals surface area (Å²) in [6, 6.07) is 6.55. The van der Waals surface area contributed by atoms with Crippen LogP contribution in [0.3, 0.4) is 0 Å². The molecule has 1 aliphatic heterocycles. The summed E-state index contributed by atoms with van der Waals surface area (Å²) in [5.74, 6) is -1.29. The summed E-state index contributed by atoms with van der Waals surface area (Å²) < 4.78 is 4.71. The molecule has 1 aliphatic rings. The van der Waals surface area contributed by atoms with Crippen molar-refractivity contribution >= 4 is 23.5 Å². The van der Waals surface area contributed by atoms with E-state index in [0.29, 0.717) is 11.3 Å². The van der Waals surface area contributed by atoms with E-state index in [0.717, 1.165) is 0 Å². The van der Waals surface area contributed by atoms with E-state index in [1.54, 1.807) is 24.3 Å². The maximum atomic E-state index is 12.4. The zero-order chi connectivity index (χ0) is 17.7. The van der Waals surface area contributed by atoms with Gasteiger partial charge in [-0.2, -0.15) is 0 Å². The molecule has 24 heavy (non-hydrogen) atoms. The van der Waals surface area contributed by atoms with Gasteiger partial charge in [0.25, 0.3) is 11.8 Å². The molecular weight excluding hydrogens is 314 g/mol. The van der Waals surface area contributed by atoms with Gasteiger partial charge in [-0.25, -0.2) is 4.79 Å². The fraction of sp³-hybridized carbons (Fsp3) is 0.312. The van der Waals surface area contributed by atoms with Crippen LogP contribution in [-0.2, 0) is 14.3 Å². The topological polar surface area (TPSA) is 108 Å². The van der Waals surface area contributed by atoms with Crippen molar-refractivity contribution in [2.75, 3.05) is 39.2 Å². The first-order valence-electron chi connectivity index (χ1n) is 7.32. The number of nitrogens with one attached hydrogen (secondary N) is 2. The Hall–Kier alpha value is -2.87. The molecule has 8 nitrogen and oxygen atoms in total. The van der Waals surface area contributed by atoms with Crippen LogP contribution >= 0.6 is 0 Å². The summed E-state index contributed by atoms with van der Waals surface area (Å²) in [6.45, 7) is -0.0358. The van der Waals surface area contributed by atoms with Crippen LogP contribution in [0.1, 0.15) is 10.4 Å². The Morgan fingerprint density at radius 2 is 2.12 bits per heavy atom. The molecule has 0 saturated carbocycles. The van der Waals surface area contributed by atoms with Crippen molar-refractivity contribution in [1.82, 2.24) is 10.2 Å². The zero-order valence-electron chi connectivity index (χ0n) is 13.5. The van der Waals surface area contributed by atoms with Crippen LogP contribution in [0, 0.1) is 0 Å². The number of aliphatic hydroxyl groups excluding tert-OH is 1. The number of amides is 2. The van der Waals surface area contributed by atoms with Crippen molar-refractivity contribution in [2.24, 2.45) is 0 Å². The van der Waals surface area contributed by atoms with Crippen LogP contribution in [0.25, 0.3) is 0 Å². The molecule has 0 bridgehead atoms. The van der Waals surface area contributed by atoms with Gasteiger partial charge >= 0.3 is 5.97 Å². The van der Waals surface area contributed by atoms with Crippen LogP contribution in [0.4, 0.5) is 5.69 Å². The average Bonchev–Trinajstić information content (AvgIpc) is 2.90. The fourth-order valence-electron chi connectivity index (χ4n) is 2.38. The quantitative estimate of drug-likeness (QED) is 0.618. The first kappa shape index (κ1) is 17.5. The van der Waals surface area contributed by atoms with Gasteiger partial charge in [0.2, 0.25) is 0 Å². The normalized spacial score (nSPS) is 14.0. The van der Waals surface area contributed by atoms with E-state index >= 15 is 0 Å². The number of rotatable bonds is 6. The van der Waals surface area contributed by atoms with E-state index in [2.05, 4.69) is 10.6 Å². The molecule has 0 radical (unpaired) electrons. The van der Waals surface area contributed by atoms with E-state index in [-0.39, 0.29) is 36.9 Å². The molecule has 2 amide bonds. The lowest BCUT2D eigenvalue weighted by Gasteiger charge is -2.15. The van der Waals surface area contributed by atoms with Crippen molar-refractivity contribution in [3.63, 3.8) is 0 Å². The number of hydrogen-bond acceptors (Lipinski definition) is 6. The smallest absolute Gasteiger partial charge is 0.337 e. The molecule has 0 unspecified atom stereocenters. The zero-order valence-corrected chi connectivity index (χ0v) is 13.5. The van der Waals surface area contributed by atoms with E-state index in [4.69, 9.17) is 9.84 Å². The molecular formula is C16H19N3O5. The van der Waals surface area contributed by atoms with Crippen LogP contribution in [0.15, 0.2) is 35.5 Å². The summed E-state index contributed by atoms with van der Waals surface area (Å²) in [5, 5.41) is 14.4. The second kappa shape index (κ2) is 7.60. The van der Waals surface area contributed by atoms with Crippen molar-refractivity contribution in [2.45, 2.75) is 0 Å². The van der Waals surface area contributed by atoms with Gasteiger partial charge in [-0.3, -0.25) is 9.59 Å². The van der Waals surface area contributed by atoms with E-state index in [1.165, 1.54) is 19.1 Å². The number of carbonyl (C=O) groups excluding carboxylic acids is 3. The lowest BCUT2D eigenvalue weighted by molar-refractivity contribution is -0.136. The minimum absolute atomic E-state index is 0.0591. The molecule has 0 fully saturated rings. The Morgan fingerprint density at radius 3 is 2.75 bits per heavy atom. The highest BCUT2D eigenvalue weighted by Crippen LogP contribution is 2.23. The number of carbonyl (C=O) groups is 3. The van der Waals surface area contributed by atoms with Gasteiger partial charge in [-0.15, -0.1) is 0 Å². The van der Waals surface area contributed by atoms with Crippen LogP contribution < -0.4 is 10.6 Å². The number of β-amino-alcohol motifs (C(OH)–C–C–N with tert-alkyl or cyclic N) is 1. The molecule has 1 aromatic carbocycles. The summed E-state index contributed by atoms with van der Waals surface area (Å²) in [5.41, 5.74) is 1.18. The minimum Gasteiger partial charge on any atom is -0.466 e. The van der Waals surface area contributed by atoms with Crippen molar-refractivity contribution in [1.29, 1.82) is 0 Å². The molecule has 0 spiro atoms. The molecule has 3 N–H and O–H groups in total. The Labute approximate surface area is 139 Å². The highest BCUT2D eigenvalue weighted by molar-refractivity contribution is 6.08. The third-order valence-corrected chi connectivity index (χ3v) is 3.57. The van der Waals surface area contributed by atoms with Crippen LogP contribution in [-0.4, -0.2) is 61.6 Å². The van der Waals surface area contributed by atoms with Gasteiger partial charge < -0.3 is 25.4 Å². The highest BCUT2D eigenvalue weighted by atomic mass is 16.5. The standard InChI is InChI=1S/C16H19N3O5/c1-17-14(21)10-4-3-5-11(8-10)18-13-12(16(23)24-2)9-19(6-7-20)15(13)22/h3-5,8,18,20H,6-7,9H2,1-2H3,(H,17,21). The van der Waals surface area contributed by atoms with Gasteiger partial charge in [0, 0.05) is 24.8 Å². The second-order valence-corrected chi connectivity index (χ2v) is 5.08. The van der Waals surface area contributed by atoms with Gasteiger partial charge in [0.05, 0.1) is 25.8 Å². The molecule has 0 atom stereocenters. The second-order valence-electron chi connectivity index (χ2n) is 5.08. The van der Waals surface area contributed by atoms with Crippen molar-refractivity contribution in [3.05, 3.63) is 41.1 Å². The molecule has 0 aromatic heterocycles. The van der Waals surface area contributed by atoms with Crippen LogP contribution in [0.5, 0.6) is 0 Å². The van der Waals surface area contributed by atoms with Crippen molar-refractivity contribution in [3.8, 4) is 0 Å². The third-order valence-electron chi connectivity index (χ3n) is 3.57. The van der Waals surface area contributed by atoms with Gasteiger partial charge in [0.1, 0.15) is 5.70 Å². The summed E-state index contributed by atoms with van der Waals surface area (Å²) >= 11 is 0. The Bertz CT molecular complexity index is 699. The highest BCUT2D eigenvalue weighted by Gasteiger charge is 2.34. The monoisotopic (exact) mass is 333 g/mol.